The number of nitrogens with one attached hydrogen (secondary N) is 2. The normalized spacial score (nSPS) is 11.9. The number of para-hydroxylation sites is 1. The number of carbonyl (C=O) groups excluding carboxylic acids is 1. The van der Waals surface area contributed by atoms with Crippen LogP contribution in [-0.2, 0) is 4.79 Å². The Kier molecular flexibility index (Phi) is 6.05. The minimum Gasteiger partial charge on any atom is -0.375 e. The van der Waals surface area contributed by atoms with E-state index in [1.165, 1.54) is 0 Å². The predicted octanol–water partition coefficient (Wildman–Crippen LogP) is 3.17. The first-order chi connectivity index (χ1) is 8.13. The molecule has 0 saturated carbocycles. The topological polar surface area (TPSA) is 41.1 Å². The van der Waals surface area contributed by atoms with Crippen molar-refractivity contribution in [2.24, 2.45) is 0 Å². The van der Waals surface area contributed by atoms with Gasteiger partial charge in [0.1, 0.15) is 0 Å². The molecular weight excluding hydrogens is 280 g/mol. The fourth-order valence-electron chi connectivity index (χ4n) is 1.61. The van der Waals surface area contributed by atoms with Crippen LogP contribution in [0.5, 0.6) is 0 Å². The van der Waals surface area contributed by atoms with Gasteiger partial charge in [0.25, 0.3) is 0 Å². The molecular formula is C13H19BrN2O. The largest absolute Gasteiger partial charge is 0.375 e. The number of benzene rings is 1. The molecule has 1 rings (SSSR count). The van der Waals surface area contributed by atoms with E-state index in [4.69, 9.17) is 0 Å². The van der Waals surface area contributed by atoms with Crippen molar-refractivity contribution in [2.75, 3.05) is 11.9 Å². The number of rotatable bonds is 6. The zero-order valence-corrected chi connectivity index (χ0v) is 11.9. The minimum absolute atomic E-state index is 0.0294. The number of amides is 1. The van der Waals surface area contributed by atoms with Crippen molar-refractivity contribution in [1.29, 1.82) is 0 Å². The van der Waals surface area contributed by atoms with Crippen LogP contribution in [0.4, 0.5) is 5.69 Å². The Hall–Kier alpha value is -1.03. The van der Waals surface area contributed by atoms with Crippen LogP contribution >= 0.6 is 15.9 Å². The van der Waals surface area contributed by atoms with Gasteiger partial charge in [-0.05, 0) is 41.4 Å². The Morgan fingerprint density at radius 3 is 2.76 bits per heavy atom. The molecule has 0 spiro atoms. The number of hydrogen-bond donors (Lipinski definition) is 2. The molecule has 0 radical (unpaired) electrons. The summed E-state index contributed by atoms with van der Waals surface area (Å²) in [6.45, 7) is 4.44. The third-order valence-electron chi connectivity index (χ3n) is 2.44. The Labute approximate surface area is 111 Å². The predicted molar refractivity (Wildman–Crippen MR) is 75.1 cm³/mol. The number of hydrogen-bond acceptors (Lipinski definition) is 2. The summed E-state index contributed by atoms with van der Waals surface area (Å²) in [6, 6.07) is 8.00. The van der Waals surface area contributed by atoms with E-state index in [9.17, 15) is 4.79 Å². The standard InChI is InChI=1S/C13H19BrN2O/c1-3-6-10(2)16-13(17)9-15-12-8-5-4-7-11(12)14/h4-5,7-8,10,15H,3,6,9H2,1-2H3,(H,16,17). The van der Waals surface area contributed by atoms with Gasteiger partial charge in [0.15, 0.2) is 0 Å². The van der Waals surface area contributed by atoms with Crippen molar-refractivity contribution in [3.05, 3.63) is 28.7 Å². The first-order valence-corrected chi connectivity index (χ1v) is 6.70. The van der Waals surface area contributed by atoms with Crippen molar-refractivity contribution in [3.63, 3.8) is 0 Å². The van der Waals surface area contributed by atoms with Gasteiger partial charge < -0.3 is 10.6 Å². The molecule has 0 bridgehead atoms. The Morgan fingerprint density at radius 2 is 2.12 bits per heavy atom. The average molecular weight is 299 g/mol. The zero-order valence-electron chi connectivity index (χ0n) is 10.3. The first-order valence-electron chi connectivity index (χ1n) is 5.91. The molecule has 0 fully saturated rings. The van der Waals surface area contributed by atoms with Crippen LogP contribution < -0.4 is 10.6 Å². The molecule has 1 atom stereocenters. The molecule has 0 aliphatic heterocycles. The lowest BCUT2D eigenvalue weighted by Crippen LogP contribution is -2.36. The van der Waals surface area contributed by atoms with E-state index in [1.807, 2.05) is 31.2 Å². The highest BCUT2D eigenvalue weighted by atomic mass is 79.9. The summed E-state index contributed by atoms with van der Waals surface area (Å²) in [5, 5.41) is 6.06. The summed E-state index contributed by atoms with van der Waals surface area (Å²) < 4.78 is 0.967. The fourth-order valence-corrected chi connectivity index (χ4v) is 2.04. The lowest BCUT2D eigenvalue weighted by molar-refractivity contribution is -0.120. The summed E-state index contributed by atoms with van der Waals surface area (Å²) in [5.41, 5.74) is 0.936. The fraction of sp³-hybridized carbons (Fsp3) is 0.462. The molecule has 17 heavy (non-hydrogen) atoms. The van der Waals surface area contributed by atoms with Gasteiger partial charge in [-0.3, -0.25) is 4.79 Å². The number of anilines is 1. The third-order valence-corrected chi connectivity index (χ3v) is 3.13. The van der Waals surface area contributed by atoms with Crippen molar-refractivity contribution >= 4 is 27.5 Å². The van der Waals surface area contributed by atoms with E-state index in [1.54, 1.807) is 0 Å². The van der Waals surface area contributed by atoms with Crippen LogP contribution in [-0.4, -0.2) is 18.5 Å². The van der Waals surface area contributed by atoms with E-state index < -0.39 is 0 Å². The zero-order chi connectivity index (χ0) is 12.7. The maximum Gasteiger partial charge on any atom is 0.239 e. The van der Waals surface area contributed by atoms with Crippen LogP contribution in [0.2, 0.25) is 0 Å². The molecule has 0 saturated heterocycles. The second kappa shape index (κ2) is 7.33. The highest BCUT2D eigenvalue weighted by molar-refractivity contribution is 9.10. The second-order valence-electron chi connectivity index (χ2n) is 4.09. The molecule has 1 amide bonds. The Balaban J connectivity index is 2.36. The lowest BCUT2D eigenvalue weighted by Gasteiger charge is -2.14. The van der Waals surface area contributed by atoms with Crippen LogP contribution in [0.3, 0.4) is 0 Å². The average Bonchev–Trinajstić information content (AvgIpc) is 2.28. The molecule has 2 N–H and O–H groups in total. The summed E-state index contributed by atoms with van der Waals surface area (Å²) in [4.78, 5) is 11.6. The summed E-state index contributed by atoms with van der Waals surface area (Å²) in [5.74, 6) is 0.0294. The quantitative estimate of drug-likeness (QED) is 0.847. The SMILES string of the molecule is CCCC(C)NC(=O)CNc1ccccc1Br. The van der Waals surface area contributed by atoms with Crippen LogP contribution in [0.25, 0.3) is 0 Å². The maximum atomic E-state index is 11.6. The minimum atomic E-state index is 0.0294. The highest BCUT2D eigenvalue weighted by Crippen LogP contribution is 2.20. The second-order valence-corrected chi connectivity index (χ2v) is 4.94. The van der Waals surface area contributed by atoms with Crippen molar-refractivity contribution in [3.8, 4) is 0 Å². The monoisotopic (exact) mass is 298 g/mol. The summed E-state index contributed by atoms with van der Waals surface area (Å²) >= 11 is 3.43. The molecule has 0 heterocycles. The maximum absolute atomic E-state index is 11.6. The smallest absolute Gasteiger partial charge is 0.239 e. The molecule has 1 aromatic rings. The highest BCUT2D eigenvalue weighted by Gasteiger charge is 2.06. The van der Waals surface area contributed by atoms with Gasteiger partial charge in [-0.15, -0.1) is 0 Å². The Bertz CT molecular complexity index is 368. The van der Waals surface area contributed by atoms with Crippen LogP contribution in [0.1, 0.15) is 26.7 Å². The molecule has 1 aromatic carbocycles. The van der Waals surface area contributed by atoms with Gasteiger partial charge in [-0.1, -0.05) is 25.5 Å². The van der Waals surface area contributed by atoms with Crippen LogP contribution in [0.15, 0.2) is 28.7 Å². The van der Waals surface area contributed by atoms with Gasteiger partial charge in [-0.2, -0.15) is 0 Å². The lowest BCUT2D eigenvalue weighted by atomic mass is 10.2. The summed E-state index contributed by atoms with van der Waals surface area (Å²) in [7, 11) is 0. The number of halogens is 1. The Morgan fingerprint density at radius 1 is 1.41 bits per heavy atom. The van der Waals surface area contributed by atoms with Crippen molar-refractivity contribution in [1.82, 2.24) is 5.32 Å². The molecule has 94 valence electrons. The van der Waals surface area contributed by atoms with Crippen LogP contribution in [0, 0.1) is 0 Å². The molecule has 0 aliphatic rings. The van der Waals surface area contributed by atoms with Gasteiger partial charge in [-0.25, -0.2) is 0 Å². The van der Waals surface area contributed by atoms with E-state index in [2.05, 4.69) is 33.5 Å². The van der Waals surface area contributed by atoms with E-state index in [-0.39, 0.29) is 11.9 Å². The third kappa shape index (κ3) is 5.22. The van der Waals surface area contributed by atoms with Gasteiger partial charge in [0, 0.05) is 16.2 Å². The molecule has 0 aliphatic carbocycles. The molecule has 3 nitrogen and oxygen atoms in total. The van der Waals surface area contributed by atoms with Crippen molar-refractivity contribution in [2.45, 2.75) is 32.7 Å². The van der Waals surface area contributed by atoms with E-state index in [0.29, 0.717) is 6.54 Å². The molecule has 4 heteroatoms. The molecule has 0 aromatic heterocycles. The van der Waals surface area contributed by atoms with E-state index >= 15 is 0 Å². The number of carbonyl (C=O) groups is 1. The van der Waals surface area contributed by atoms with E-state index in [0.717, 1.165) is 23.0 Å². The summed E-state index contributed by atoms with van der Waals surface area (Å²) in [6.07, 6.45) is 2.10. The van der Waals surface area contributed by atoms with Gasteiger partial charge >= 0.3 is 0 Å². The first kappa shape index (κ1) is 14.0. The van der Waals surface area contributed by atoms with Crippen molar-refractivity contribution < 1.29 is 4.79 Å². The van der Waals surface area contributed by atoms with Gasteiger partial charge in [0.05, 0.1) is 6.54 Å². The van der Waals surface area contributed by atoms with Gasteiger partial charge in [0.2, 0.25) is 5.91 Å². The molecule has 1 unspecified atom stereocenters.